The molecule has 3 nitrogen and oxygen atoms in total. The van der Waals surface area contributed by atoms with Crippen LogP contribution in [0.15, 0.2) is 30.3 Å². The second kappa shape index (κ2) is 7.29. The zero-order valence-electron chi connectivity index (χ0n) is 11.4. The Morgan fingerprint density at radius 3 is 2.39 bits per heavy atom. The maximum Gasteiger partial charge on any atom is 0.136 e. The van der Waals surface area contributed by atoms with Gasteiger partial charge in [-0.3, -0.25) is 4.79 Å². The minimum absolute atomic E-state index is 0.0626. The number of carbonyl (C=O) groups is 1. The highest BCUT2D eigenvalue weighted by molar-refractivity contribution is 5.80. The van der Waals surface area contributed by atoms with E-state index in [2.05, 4.69) is 5.32 Å². The van der Waals surface area contributed by atoms with Gasteiger partial charge in [0.2, 0.25) is 0 Å². The van der Waals surface area contributed by atoms with Crippen LogP contribution >= 0.6 is 0 Å². The van der Waals surface area contributed by atoms with Crippen LogP contribution in [-0.4, -0.2) is 23.5 Å². The van der Waals surface area contributed by atoms with E-state index in [1.165, 1.54) is 0 Å². The minimum atomic E-state index is -0.541. The highest BCUT2D eigenvalue weighted by Gasteiger charge is 2.16. The second-order valence-corrected chi connectivity index (χ2v) is 4.97. The average Bonchev–Trinajstić information content (AvgIpc) is 2.38. The fourth-order valence-corrected chi connectivity index (χ4v) is 1.76. The van der Waals surface area contributed by atoms with Crippen LogP contribution in [-0.2, 0) is 4.79 Å². The van der Waals surface area contributed by atoms with E-state index >= 15 is 0 Å². The Kier molecular flexibility index (Phi) is 6.02. The van der Waals surface area contributed by atoms with Gasteiger partial charge in [-0.25, -0.2) is 0 Å². The van der Waals surface area contributed by atoms with Crippen LogP contribution in [0.1, 0.15) is 38.9 Å². The number of carbonyl (C=O) groups excluding carboxylic acids is 1. The average molecular weight is 249 g/mol. The predicted molar refractivity (Wildman–Crippen MR) is 73.3 cm³/mol. The molecule has 0 aliphatic carbocycles. The Balaban J connectivity index is 2.37. The lowest BCUT2D eigenvalue weighted by atomic mass is 10.0. The normalized spacial score (nSPS) is 14.5. The summed E-state index contributed by atoms with van der Waals surface area (Å²) < 4.78 is 0. The van der Waals surface area contributed by atoms with Crippen molar-refractivity contribution < 1.29 is 9.90 Å². The number of ketones is 1. The molecule has 0 fully saturated rings. The van der Waals surface area contributed by atoms with Crippen molar-refractivity contribution in [2.24, 2.45) is 5.92 Å². The van der Waals surface area contributed by atoms with Crippen LogP contribution in [0.2, 0.25) is 0 Å². The van der Waals surface area contributed by atoms with Crippen molar-refractivity contribution >= 4 is 5.78 Å². The van der Waals surface area contributed by atoms with Crippen LogP contribution in [0.3, 0.4) is 0 Å². The van der Waals surface area contributed by atoms with Gasteiger partial charge in [0.1, 0.15) is 5.78 Å². The molecule has 18 heavy (non-hydrogen) atoms. The molecule has 0 aliphatic heterocycles. The summed E-state index contributed by atoms with van der Waals surface area (Å²) in [5.74, 6) is 0.338. The van der Waals surface area contributed by atoms with Crippen LogP contribution in [0.4, 0.5) is 0 Å². The topological polar surface area (TPSA) is 49.3 Å². The lowest BCUT2D eigenvalue weighted by Crippen LogP contribution is -2.34. The first kappa shape index (κ1) is 14.9. The lowest BCUT2D eigenvalue weighted by molar-refractivity contribution is -0.121. The van der Waals surface area contributed by atoms with E-state index in [1.807, 2.05) is 51.1 Å². The summed E-state index contributed by atoms with van der Waals surface area (Å²) in [6.07, 6.45) is -0.0240. The second-order valence-electron chi connectivity index (χ2n) is 4.97. The van der Waals surface area contributed by atoms with Crippen molar-refractivity contribution in [2.75, 3.05) is 6.54 Å². The molecule has 2 unspecified atom stereocenters. The number of benzene rings is 1. The van der Waals surface area contributed by atoms with Crippen molar-refractivity contribution in [3.8, 4) is 0 Å². The Hall–Kier alpha value is -1.19. The number of hydrogen-bond donors (Lipinski definition) is 2. The third-order valence-corrected chi connectivity index (χ3v) is 3.10. The summed E-state index contributed by atoms with van der Waals surface area (Å²) in [7, 11) is 0. The molecule has 1 aromatic rings. The molecule has 1 aromatic carbocycles. The molecular formula is C15H23NO2. The summed E-state index contributed by atoms with van der Waals surface area (Å²) >= 11 is 0. The molecule has 0 amide bonds. The molecule has 0 aromatic heterocycles. The highest BCUT2D eigenvalue weighted by atomic mass is 16.3. The van der Waals surface area contributed by atoms with Gasteiger partial charge in [-0.05, 0) is 12.5 Å². The smallest absolute Gasteiger partial charge is 0.136 e. The number of aliphatic hydroxyl groups excluding tert-OH is 1. The largest absolute Gasteiger partial charge is 0.387 e. The molecule has 100 valence electrons. The van der Waals surface area contributed by atoms with E-state index < -0.39 is 6.10 Å². The van der Waals surface area contributed by atoms with Crippen LogP contribution in [0, 0.1) is 5.92 Å². The molecule has 0 aliphatic rings. The number of Topliss-reactive ketones (excluding diaryl/α,β-unsaturated/α-hetero) is 1. The van der Waals surface area contributed by atoms with Crippen molar-refractivity contribution in [2.45, 2.75) is 39.3 Å². The zero-order chi connectivity index (χ0) is 13.5. The first-order valence-electron chi connectivity index (χ1n) is 6.51. The minimum Gasteiger partial charge on any atom is -0.387 e. The fourth-order valence-electron chi connectivity index (χ4n) is 1.76. The van der Waals surface area contributed by atoms with E-state index in [4.69, 9.17) is 0 Å². The van der Waals surface area contributed by atoms with Gasteiger partial charge in [0.05, 0.1) is 6.10 Å². The monoisotopic (exact) mass is 249 g/mol. The molecular weight excluding hydrogens is 226 g/mol. The first-order chi connectivity index (χ1) is 8.52. The first-order valence-corrected chi connectivity index (χ1v) is 6.51. The summed E-state index contributed by atoms with van der Waals surface area (Å²) in [5.41, 5.74) is 0.896. The highest BCUT2D eigenvalue weighted by Crippen LogP contribution is 2.15. The van der Waals surface area contributed by atoms with E-state index in [1.54, 1.807) is 0 Å². The molecule has 0 saturated heterocycles. The summed E-state index contributed by atoms with van der Waals surface area (Å²) in [6.45, 7) is 6.36. The molecule has 0 saturated carbocycles. The van der Waals surface area contributed by atoms with Crippen LogP contribution in [0.25, 0.3) is 0 Å². The number of hydrogen-bond acceptors (Lipinski definition) is 3. The van der Waals surface area contributed by atoms with Gasteiger partial charge in [0, 0.05) is 24.9 Å². The zero-order valence-corrected chi connectivity index (χ0v) is 11.4. The SMILES string of the molecule is CC(C)C(=O)CCNC(C)C(O)c1ccccc1. The van der Waals surface area contributed by atoms with Crippen molar-refractivity contribution in [3.05, 3.63) is 35.9 Å². The van der Waals surface area contributed by atoms with Gasteiger partial charge in [-0.2, -0.15) is 0 Å². The summed E-state index contributed by atoms with van der Waals surface area (Å²) in [4.78, 5) is 11.5. The Bertz CT molecular complexity index is 362. The number of aliphatic hydroxyl groups is 1. The number of rotatable bonds is 7. The Morgan fingerprint density at radius 1 is 1.22 bits per heavy atom. The molecule has 2 N–H and O–H groups in total. The van der Waals surface area contributed by atoms with Gasteiger partial charge in [-0.1, -0.05) is 44.2 Å². The molecule has 0 radical (unpaired) electrons. The van der Waals surface area contributed by atoms with Crippen molar-refractivity contribution in [3.63, 3.8) is 0 Å². The summed E-state index contributed by atoms with van der Waals surface area (Å²) in [5, 5.41) is 13.3. The van der Waals surface area contributed by atoms with Gasteiger partial charge < -0.3 is 10.4 Å². The molecule has 0 heterocycles. The van der Waals surface area contributed by atoms with Gasteiger partial charge in [0.25, 0.3) is 0 Å². The molecule has 1 rings (SSSR count). The Morgan fingerprint density at radius 2 is 1.83 bits per heavy atom. The van der Waals surface area contributed by atoms with Gasteiger partial charge in [0.15, 0.2) is 0 Å². The number of nitrogens with one attached hydrogen (secondary N) is 1. The fraction of sp³-hybridized carbons (Fsp3) is 0.533. The molecule has 0 spiro atoms. The van der Waals surface area contributed by atoms with Gasteiger partial charge >= 0.3 is 0 Å². The quantitative estimate of drug-likeness (QED) is 0.779. The standard InChI is InChI=1S/C15H23NO2/c1-11(2)14(17)9-10-16-12(3)15(18)13-7-5-4-6-8-13/h4-8,11-12,15-16,18H,9-10H2,1-3H3. The lowest BCUT2D eigenvalue weighted by Gasteiger charge is -2.20. The van der Waals surface area contributed by atoms with Crippen molar-refractivity contribution in [1.29, 1.82) is 0 Å². The predicted octanol–water partition coefficient (Wildman–Crippen LogP) is 2.31. The third kappa shape index (κ3) is 4.59. The summed E-state index contributed by atoms with van der Waals surface area (Å²) in [6, 6.07) is 9.49. The molecule has 0 bridgehead atoms. The molecule has 3 heteroatoms. The van der Waals surface area contributed by atoms with Crippen LogP contribution in [0.5, 0.6) is 0 Å². The van der Waals surface area contributed by atoms with E-state index in [9.17, 15) is 9.90 Å². The van der Waals surface area contributed by atoms with Crippen LogP contribution < -0.4 is 5.32 Å². The third-order valence-electron chi connectivity index (χ3n) is 3.10. The Labute approximate surface area is 109 Å². The van der Waals surface area contributed by atoms with E-state index in [0.29, 0.717) is 13.0 Å². The van der Waals surface area contributed by atoms with E-state index in [-0.39, 0.29) is 17.7 Å². The molecule has 2 atom stereocenters. The van der Waals surface area contributed by atoms with Gasteiger partial charge in [-0.15, -0.1) is 0 Å². The maximum absolute atomic E-state index is 11.5. The maximum atomic E-state index is 11.5. The van der Waals surface area contributed by atoms with Crippen molar-refractivity contribution in [1.82, 2.24) is 5.32 Å². The van der Waals surface area contributed by atoms with E-state index in [0.717, 1.165) is 5.56 Å².